The fourth-order valence-electron chi connectivity index (χ4n) is 3.10. The Morgan fingerprint density at radius 3 is 2.62 bits per heavy atom. The maximum Gasteiger partial charge on any atom is 0.225 e. The molecule has 0 radical (unpaired) electrons. The molecule has 0 spiro atoms. The van der Waals surface area contributed by atoms with Crippen LogP contribution < -0.4 is 10.1 Å². The fourth-order valence-corrected chi connectivity index (χ4v) is 3.81. The highest BCUT2D eigenvalue weighted by Gasteiger charge is 2.07. The molecule has 0 atom stereocenters. The summed E-state index contributed by atoms with van der Waals surface area (Å²) in [5.74, 6) is 1.79. The number of carbonyl (C=O) groups excluding carboxylic acids is 1. The van der Waals surface area contributed by atoms with Crippen LogP contribution in [-0.4, -0.2) is 30.4 Å². The lowest BCUT2D eigenvalue weighted by molar-refractivity contribution is -0.120. The Labute approximate surface area is 177 Å². The summed E-state index contributed by atoms with van der Waals surface area (Å²) in [4.78, 5) is 15.5. The number of nitrogens with zero attached hydrogens (tertiary/aromatic N) is 1. The van der Waals surface area contributed by atoms with E-state index in [1.807, 2.05) is 60.0 Å². The largest absolute Gasteiger partial charge is 0.457 e. The van der Waals surface area contributed by atoms with Gasteiger partial charge in [0.15, 0.2) is 0 Å². The molecule has 1 amide bonds. The standard InChI is InChI=1S/C24H28N2O2S/c1-2-26(15-8-14-25-24(27)18-23-13-7-16-29-23)19-20-9-6-12-22(17-20)28-21-10-4-3-5-11-21/h3-7,9-13,16-17H,2,8,14-15,18-19H2,1H3,(H,25,27). The lowest BCUT2D eigenvalue weighted by Gasteiger charge is -2.21. The Bertz CT molecular complexity index is 866. The minimum atomic E-state index is 0.0984. The summed E-state index contributed by atoms with van der Waals surface area (Å²) in [5.41, 5.74) is 1.22. The summed E-state index contributed by atoms with van der Waals surface area (Å²) in [6.07, 6.45) is 1.41. The van der Waals surface area contributed by atoms with Gasteiger partial charge in [0, 0.05) is 24.5 Å². The van der Waals surface area contributed by atoms with Crippen LogP contribution in [0.4, 0.5) is 0 Å². The summed E-state index contributed by atoms with van der Waals surface area (Å²) in [7, 11) is 0. The molecule has 5 heteroatoms. The molecule has 2 aromatic carbocycles. The van der Waals surface area contributed by atoms with Gasteiger partial charge in [-0.15, -0.1) is 11.3 Å². The number of thiophene rings is 1. The number of nitrogens with one attached hydrogen (secondary N) is 1. The molecule has 0 aliphatic heterocycles. The fraction of sp³-hybridized carbons (Fsp3) is 0.292. The van der Waals surface area contributed by atoms with Gasteiger partial charge in [-0.1, -0.05) is 43.3 Å². The van der Waals surface area contributed by atoms with Crippen molar-refractivity contribution in [3.8, 4) is 11.5 Å². The summed E-state index contributed by atoms with van der Waals surface area (Å²) in [5, 5.41) is 5.02. The minimum Gasteiger partial charge on any atom is -0.457 e. The van der Waals surface area contributed by atoms with Crippen LogP contribution in [0.25, 0.3) is 0 Å². The van der Waals surface area contributed by atoms with Crippen LogP contribution in [0.2, 0.25) is 0 Å². The average molecular weight is 409 g/mol. The van der Waals surface area contributed by atoms with Gasteiger partial charge in [-0.3, -0.25) is 9.69 Å². The van der Waals surface area contributed by atoms with E-state index in [0.29, 0.717) is 13.0 Å². The van der Waals surface area contributed by atoms with Crippen molar-refractivity contribution in [2.24, 2.45) is 0 Å². The van der Waals surface area contributed by atoms with E-state index in [0.717, 1.165) is 42.4 Å². The van der Waals surface area contributed by atoms with Crippen molar-refractivity contribution in [2.75, 3.05) is 19.6 Å². The Hall–Kier alpha value is -2.63. The van der Waals surface area contributed by atoms with Crippen molar-refractivity contribution < 1.29 is 9.53 Å². The van der Waals surface area contributed by atoms with E-state index in [1.54, 1.807) is 11.3 Å². The smallest absolute Gasteiger partial charge is 0.225 e. The molecule has 4 nitrogen and oxygen atoms in total. The molecule has 0 bridgehead atoms. The average Bonchev–Trinajstić information content (AvgIpc) is 3.24. The monoisotopic (exact) mass is 408 g/mol. The first-order valence-corrected chi connectivity index (χ1v) is 10.9. The van der Waals surface area contributed by atoms with Crippen LogP contribution >= 0.6 is 11.3 Å². The third kappa shape index (κ3) is 7.37. The first kappa shape index (κ1) is 21.1. The van der Waals surface area contributed by atoms with E-state index in [2.05, 4.69) is 29.3 Å². The van der Waals surface area contributed by atoms with Gasteiger partial charge in [0.1, 0.15) is 11.5 Å². The molecule has 0 unspecified atom stereocenters. The number of benzene rings is 2. The first-order chi connectivity index (χ1) is 14.2. The van der Waals surface area contributed by atoms with Gasteiger partial charge in [-0.05, 0) is 54.2 Å². The van der Waals surface area contributed by atoms with Crippen LogP contribution in [0.1, 0.15) is 23.8 Å². The zero-order chi connectivity index (χ0) is 20.3. The van der Waals surface area contributed by atoms with Crippen molar-refractivity contribution in [3.05, 3.63) is 82.6 Å². The maximum absolute atomic E-state index is 12.0. The minimum absolute atomic E-state index is 0.0984. The number of para-hydroxylation sites is 1. The van der Waals surface area contributed by atoms with Crippen molar-refractivity contribution in [1.29, 1.82) is 0 Å². The van der Waals surface area contributed by atoms with E-state index >= 15 is 0 Å². The second-order valence-electron chi connectivity index (χ2n) is 6.89. The van der Waals surface area contributed by atoms with Crippen molar-refractivity contribution in [2.45, 2.75) is 26.3 Å². The highest BCUT2D eigenvalue weighted by Crippen LogP contribution is 2.22. The van der Waals surface area contributed by atoms with Crippen LogP contribution in [0.3, 0.4) is 0 Å². The lowest BCUT2D eigenvalue weighted by atomic mass is 10.2. The van der Waals surface area contributed by atoms with Crippen molar-refractivity contribution in [3.63, 3.8) is 0 Å². The number of hydrogen-bond acceptors (Lipinski definition) is 4. The Balaban J connectivity index is 1.42. The highest BCUT2D eigenvalue weighted by molar-refractivity contribution is 7.10. The van der Waals surface area contributed by atoms with E-state index in [4.69, 9.17) is 4.74 Å². The van der Waals surface area contributed by atoms with Crippen molar-refractivity contribution >= 4 is 17.2 Å². The normalized spacial score (nSPS) is 10.8. The first-order valence-electron chi connectivity index (χ1n) is 10.1. The van der Waals surface area contributed by atoms with Gasteiger partial charge >= 0.3 is 0 Å². The zero-order valence-corrected chi connectivity index (χ0v) is 17.7. The van der Waals surface area contributed by atoms with E-state index in [9.17, 15) is 4.79 Å². The molecule has 0 aliphatic carbocycles. The molecular weight excluding hydrogens is 380 g/mol. The van der Waals surface area contributed by atoms with Gasteiger partial charge in [0.05, 0.1) is 6.42 Å². The zero-order valence-electron chi connectivity index (χ0n) is 16.8. The molecule has 0 fully saturated rings. The second kappa shape index (κ2) is 11.4. The second-order valence-corrected chi connectivity index (χ2v) is 7.92. The number of hydrogen-bond donors (Lipinski definition) is 1. The third-order valence-electron chi connectivity index (χ3n) is 4.62. The molecule has 0 saturated carbocycles. The number of rotatable bonds is 11. The van der Waals surface area contributed by atoms with E-state index in [1.165, 1.54) is 5.56 Å². The molecule has 1 aromatic heterocycles. The van der Waals surface area contributed by atoms with E-state index in [-0.39, 0.29) is 5.91 Å². The van der Waals surface area contributed by atoms with Crippen LogP contribution in [0.15, 0.2) is 72.1 Å². The molecule has 3 rings (SSSR count). The third-order valence-corrected chi connectivity index (χ3v) is 5.50. The number of amides is 1. The molecule has 152 valence electrons. The SMILES string of the molecule is CCN(CCCNC(=O)Cc1cccs1)Cc1cccc(Oc2ccccc2)c1. The van der Waals surface area contributed by atoms with Gasteiger partial charge in [0.25, 0.3) is 0 Å². The molecule has 29 heavy (non-hydrogen) atoms. The maximum atomic E-state index is 12.0. The summed E-state index contributed by atoms with van der Waals surface area (Å²) < 4.78 is 5.94. The summed E-state index contributed by atoms with van der Waals surface area (Å²) in [6, 6.07) is 22.0. The van der Waals surface area contributed by atoms with Crippen LogP contribution in [-0.2, 0) is 17.8 Å². The molecule has 1 heterocycles. The Kier molecular flexibility index (Phi) is 8.28. The predicted molar refractivity (Wildman–Crippen MR) is 120 cm³/mol. The van der Waals surface area contributed by atoms with Gasteiger partial charge in [-0.25, -0.2) is 0 Å². The quantitative estimate of drug-likeness (QED) is 0.448. The molecular formula is C24H28N2O2S. The molecule has 0 aliphatic rings. The van der Waals surface area contributed by atoms with Gasteiger partial charge in [-0.2, -0.15) is 0 Å². The predicted octanol–water partition coefficient (Wildman–Crippen LogP) is 5.11. The Morgan fingerprint density at radius 2 is 1.86 bits per heavy atom. The number of ether oxygens (including phenoxy) is 1. The lowest BCUT2D eigenvalue weighted by Crippen LogP contribution is -2.30. The molecule has 1 N–H and O–H groups in total. The number of carbonyl (C=O) groups is 1. The summed E-state index contributed by atoms with van der Waals surface area (Å²) in [6.45, 7) is 5.65. The molecule has 0 saturated heterocycles. The topological polar surface area (TPSA) is 41.6 Å². The van der Waals surface area contributed by atoms with E-state index < -0.39 is 0 Å². The van der Waals surface area contributed by atoms with Crippen LogP contribution in [0, 0.1) is 0 Å². The Morgan fingerprint density at radius 1 is 1.03 bits per heavy atom. The van der Waals surface area contributed by atoms with Crippen LogP contribution in [0.5, 0.6) is 11.5 Å². The van der Waals surface area contributed by atoms with Gasteiger partial charge < -0.3 is 10.1 Å². The van der Waals surface area contributed by atoms with Gasteiger partial charge in [0.2, 0.25) is 5.91 Å². The highest BCUT2D eigenvalue weighted by atomic mass is 32.1. The molecule has 3 aromatic rings. The summed E-state index contributed by atoms with van der Waals surface area (Å²) >= 11 is 1.62. The van der Waals surface area contributed by atoms with Crippen molar-refractivity contribution in [1.82, 2.24) is 10.2 Å².